The van der Waals surface area contributed by atoms with E-state index in [1.165, 1.54) is 18.1 Å². The van der Waals surface area contributed by atoms with Crippen molar-refractivity contribution < 1.29 is 28.9 Å². The maximum absolute atomic E-state index is 12.7. The Hall–Kier alpha value is -3.22. The first-order valence-electron chi connectivity index (χ1n) is 9.77. The van der Waals surface area contributed by atoms with Crippen LogP contribution in [0.4, 0.5) is 4.79 Å². The topological polar surface area (TPSA) is 85.3 Å². The number of methoxy groups -OCH3 is 1. The van der Waals surface area contributed by atoms with Gasteiger partial charge in [0.15, 0.2) is 11.5 Å². The highest BCUT2D eigenvalue weighted by Gasteiger charge is 2.39. The highest BCUT2D eigenvalue weighted by molar-refractivity contribution is 5.83. The largest absolute Gasteiger partial charge is 0.504 e. The van der Waals surface area contributed by atoms with Crippen LogP contribution >= 0.6 is 0 Å². The van der Waals surface area contributed by atoms with Gasteiger partial charge in [-0.15, -0.1) is 0 Å². The van der Waals surface area contributed by atoms with Gasteiger partial charge in [0, 0.05) is 12.0 Å². The summed E-state index contributed by atoms with van der Waals surface area (Å²) in [4.78, 5) is 26.5. The van der Waals surface area contributed by atoms with Crippen LogP contribution in [0.2, 0.25) is 0 Å². The molecule has 3 rings (SSSR count). The van der Waals surface area contributed by atoms with E-state index in [1.54, 1.807) is 26.8 Å². The number of nitrogens with zero attached hydrogens (tertiary/aromatic N) is 1. The van der Waals surface area contributed by atoms with Gasteiger partial charge in [0.05, 0.1) is 13.7 Å². The van der Waals surface area contributed by atoms with E-state index in [-0.39, 0.29) is 25.3 Å². The summed E-state index contributed by atoms with van der Waals surface area (Å²) in [7, 11) is 1.28. The third-order valence-corrected chi connectivity index (χ3v) is 4.78. The molecule has 0 saturated heterocycles. The van der Waals surface area contributed by atoms with Gasteiger partial charge in [0.25, 0.3) is 0 Å². The molecule has 1 amide bonds. The van der Waals surface area contributed by atoms with Gasteiger partial charge in [0.1, 0.15) is 18.2 Å². The number of hydrogen-bond acceptors (Lipinski definition) is 6. The van der Waals surface area contributed by atoms with Crippen LogP contribution < -0.4 is 4.74 Å². The van der Waals surface area contributed by atoms with Crippen LogP contribution in [0.15, 0.2) is 42.5 Å². The minimum absolute atomic E-state index is 0.0148. The summed E-state index contributed by atoms with van der Waals surface area (Å²) < 4.78 is 16.3. The predicted octanol–water partition coefficient (Wildman–Crippen LogP) is 3.81. The average molecular weight is 413 g/mol. The fourth-order valence-corrected chi connectivity index (χ4v) is 3.38. The highest BCUT2D eigenvalue weighted by Crippen LogP contribution is 2.38. The number of carbonyl (C=O) groups excluding carboxylic acids is 2. The standard InChI is InChI=1S/C23H27NO6/c1-23(2,3)30-22(27)24-13-16-10-11-19(25)20(17(16)12-18(24)21(26)28-4)29-14-15-8-6-5-7-9-15/h5-11,18,25H,12-14H2,1-4H3/t18-/m0/s1. The van der Waals surface area contributed by atoms with Crippen LogP contribution in [0, 0.1) is 0 Å². The zero-order chi connectivity index (χ0) is 21.9. The van der Waals surface area contributed by atoms with Gasteiger partial charge in [-0.05, 0) is 38.0 Å². The van der Waals surface area contributed by atoms with E-state index in [0.717, 1.165) is 11.1 Å². The van der Waals surface area contributed by atoms with Crippen LogP contribution in [0.1, 0.15) is 37.5 Å². The number of esters is 1. The molecule has 2 aromatic rings. The van der Waals surface area contributed by atoms with E-state index < -0.39 is 23.7 Å². The molecule has 0 spiro atoms. The lowest BCUT2D eigenvalue weighted by Gasteiger charge is -2.36. The summed E-state index contributed by atoms with van der Waals surface area (Å²) >= 11 is 0. The molecule has 1 N–H and O–H groups in total. The lowest BCUT2D eigenvalue weighted by molar-refractivity contribution is -0.147. The van der Waals surface area contributed by atoms with Gasteiger partial charge in [-0.1, -0.05) is 36.4 Å². The number of hydrogen-bond donors (Lipinski definition) is 1. The van der Waals surface area contributed by atoms with Crippen molar-refractivity contribution in [2.24, 2.45) is 0 Å². The van der Waals surface area contributed by atoms with E-state index in [4.69, 9.17) is 14.2 Å². The molecular formula is C23H27NO6. The summed E-state index contributed by atoms with van der Waals surface area (Å²) in [6.45, 7) is 5.71. The molecular weight excluding hydrogens is 386 g/mol. The molecule has 0 radical (unpaired) electrons. The number of amides is 1. The molecule has 7 heteroatoms. The maximum atomic E-state index is 12.7. The number of fused-ring (bicyclic) bond motifs is 1. The lowest BCUT2D eigenvalue weighted by Crippen LogP contribution is -2.50. The molecule has 0 aliphatic carbocycles. The van der Waals surface area contributed by atoms with Crippen molar-refractivity contribution in [3.8, 4) is 11.5 Å². The molecule has 0 unspecified atom stereocenters. The van der Waals surface area contributed by atoms with Crippen molar-refractivity contribution in [1.82, 2.24) is 4.90 Å². The van der Waals surface area contributed by atoms with Crippen molar-refractivity contribution in [2.75, 3.05) is 7.11 Å². The monoisotopic (exact) mass is 413 g/mol. The first-order chi connectivity index (χ1) is 14.2. The molecule has 1 aliphatic heterocycles. The van der Waals surface area contributed by atoms with Crippen LogP contribution in [0.3, 0.4) is 0 Å². The molecule has 2 aromatic carbocycles. The van der Waals surface area contributed by atoms with Crippen LogP contribution in [-0.2, 0) is 33.8 Å². The van der Waals surface area contributed by atoms with Crippen molar-refractivity contribution in [3.63, 3.8) is 0 Å². The minimum Gasteiger partial charge on any atom is -0.504 e. The van der Waals surface area contributed by atoms with Crippen molar-refractivity contribution in [3.05, 3.63) is 59.2 Å². The van der Waals surface area contributed by atoms with Gasteiger partial charge >= 0.3 is 12.1 Å². The second kappa shape index (κ2) is 8.65. The van der Waals surface area contributed by atoms with Crippen LogP contribution in [0.5, 0.6) is 11.5 Å². The summed E-state index contributed by atoms with van der Waals surface area (Å²) in [5, 5.41) is 10.4. The molecule has 1 aliphatic rings. The third-order valence-electron chi connectivity index (χ3n) is 4.78. The molecule has 7 nitrogen and oxygen atoms in total. The first-order valence-corrected chi connectivity index (χ1v) is 9.77. The van der Waals surface area contributed by atoms with Crippen molar-refractivity contribution >= 4 is 12.1 Å². The molecule has 0 saturated carbocycles. The van der Waals surface area contributed by atoms with Crippen molar-refractivity contribution in [2.45, 2.75) is 52.0 Å². The van der Waals surface area contributed by atoms with Crippen molar-refractivity contribution in [1.29, 1.82) is 0 Å². The Morgan fingerprint density at radius 3 is 2.47 bits per heavy atom. The Morgan fingerprint density at radius 1 is 1.13 bits per heavy atom. The summed E-state index contributed by atoms with van der Waals surface area (Å²) in [6.07, 6.45) is -0.442. The van der Waals surface area contributed by atoms with Gasteiger partial charge < -0.3 is 19.3 Å². The zero-order valence-corrected chi connectivity index (χ0v) is 17.7. The number of benzene rings is 2. The molecule has 0 aromatic heterocycles. The number of aromatic hydroxyl groups is 1. The quantitative estimate of drug-likeness (QED) is 0.768. The summed E-state index contributed by atoms with van der Waals surface area (Å²) in [5.41, 5.74) is 1.71. The Labute approximate surface area is 176 Å². The SMILES string of the molecule is COC(=O)[C@@H]1Cc2c(ccc(O)c2OCc2ccccc2)CN1C(=O)OC(C)(C)C. The number of phenolic OH excluding ortho intramolecular Hbond substituents is 1. The summed E-state index contributed by atoms with van der Waals surface area (Å²) in [6, 6.07) is 12.0. The fourth-order valence-electron chi connectivity index (χ4n) is 3.38. The van der Waals surface area contributed by atoms with Crippen LogP contribution in [-0.4, -0.2) is 40.8 Å². The smallest absolute Gasteiger partial charge is 0.411 e. The van der Waals surface area contributed by atoms with Gasteiger partial charge in [-0.2, -0.15) is 0 Å². The van der Waals surface area contributed by atoms with Gasteiger partial charge in [-0.3, -0.25) is 4.90 Å². The number of ether oxygens (including phenoxy) is 3. The second-order valence-electron chi connectivity index (χ2n) is 8.18. The average Bonchev–Trinajstić information content (AvgIpc) is 2.71. The molecule has 1 atom stereocenters. The lowest BCUT2D eigenvalue weighted by atomic mass is 9.93. The van der Waals surface area contributed by atoms with Gasteiger partial charge in [-0.25, -0.2) is 9.59 Å². The minimum atomic E-state index is -0.877. The van der Waals surface area contributed by atoms with E-state index in [9.17, 15) is 14.7 Å². The van der Waals surface area contributed by atoms with E-state index in [0.29, 0.717) is 11.3 Å². The Bertz CT molecular complexity index is 919. The number of rotatable bonds is 4. The van der Waals surface area contributed by atoms with E-state index >= 15 is 0 Å². The van der Waals surface area contributed by atoms with E-state index in [2.05, 4.69) is 0 Å². The molecule has 0 bridgehead atoms. The van der Waals surface area contributed by atoms with E-state index in [1.807, 2.05) is 30.3 Å². The van der Waals surface area contributed by atoms with Gasteiger partial charge in [0.2, 0.25) is 0 Å². The molecule has 0 fully saturated rings. The fraction of sp³-hybridized carbons (Fsp3) is 0.391. The normalized spacial score (nSPS) is 15.9. The molecule has 30 heavy (non-hydrogen) atoms. The Balaban J connectivity index is 1.91. The Morgan fingerprint density at radius 2 is 1.83 bits per heavy atom. The first kappa shape index (κ1) is 21.5. The number of phenols is 1. The predicted molar refractivity (Wildman–Crippen MR) is 110 cm³/mol. The summed E-state index contributed by atoms with van der Waals surface area (Å²) in [5.74, 6) is -0.253. The highest BCUT2D eigenvalue weighted by atomic mass is 16.6. The third kappa shape index (κ3) is 4.84. The number of carbonyl (C=O) groups is 2. The molecule has 1 heterocycles. The molecule has 160 valence electrons. The second-order valence-corrected chi connectivity index (χ2v) is 8.18. The zero-order valence-electron chi connectivity index (χ0n) is 17.7. The van der Waals surface area contributed by atoms with Crippen LogP contribution in [0.25, 0.3) is 0 Å². The Kier molecular flexibility index (Phi) is 6.20. The maximum Gasteiger partial charge on any atom is 0.411 e.